The van der Waals surface area contributed by atoms with Crippen molar-refractivity contribution in [2.75, 3.05) is 26.9 Å². The zero-order chi connectivity index (χ0) is 21.5. The number of carbonyl (C=O) groups is 1. The second-order valence-electron chi connectivity index (χ2n) is 7.68. The molecular weight excluding hydrogens is 396 g/mol. The summed E-state index contributed by atoms with van der Waals surface area (Å²) in [5.74, 6) is -0.880. The highest BCUT2D eigenvalue weighted by Crippen LogP contribution is 2.61. The van der Waals surface area contributed by atoms with Crippen molar-refractivity contribution in [3.8, 4) is 11.5 Å². The fourth-order valence-electron chi connectivity index (χ4n) is 4.81. The molecule has 0 aromatic heterocycles. The molecule has 2 N–H and O–H groups in total. The fourth-order valence-corrected chi connectivity index (χ4v) is 4.81. The number of aliphatic hydroxyl groups is 1. The van der Waals surface area contributed by atoms with Crippen molar-refractivity contribution < 1.29 is 43.4 Å². The SMILES string of the molecule is CCO[C@H]1C[C@H]2[C@H](OC(=O)c3ccc(O)c(OC)c3)[C@@H]3O[C@]3(CO)[C@H]2[C@H](OCC)O1. The largest absolute Gasteiger partial charge is 0.504 e. The highest BCUT2D eigenvalue weighted by molar-refractivity contribution is 5.90. The van der Waals surface area contributed by atoms with Crippen LogP contribution in [0, 0.1) is 11.8 Å². The second kappa shape index (κ2) is 8.32. The third kappa shape index (κ3) is 3.44. The Morgan fingerprint density at radius 1 is 1.27 bits per heavy atom. The van der Waals surface area contributed by atoms with Crippen molar-refractivity contribution in [3.05, 3.63) is 23.8 Å². The first-order chi connectivity index (χ1) is 14.5. The molecule has 9 nitrogen and oxygen atoms in total. The van der Waals surface area contributed by atoms with Gasteiger partial charge < -0.3 is 38.6 Å². The summed E-state index contributed by atoms with van der Waals surface area (Å²) in [7, 11) is 1.41. The molecular formula is C21H28O9. The van der Waals surface area contributed by atoms with E-state index in [9.17, 15) is 15.0 Å². The van der Waals surface area contributed by atoms with Gasteiger partial charge in [-0.3, -0.25) is 0 Å². The van der Waals surface area contributed by atoms with Crippen molar-refractivity contribution >= 4 is 5.97 Å². The van der Waals surface area contributed by atoms with Gasteiger partial charge in [0.1, 0.15) is 17.8 Å². The van der Waals surface area contributed by atoms with Gasteiger partial charge in [0.05, 0.1) is 25.2 Å². The summed E-state index contributed by atoms with van der Waals surface area (Å²) in [5, 5.41) is 19.8. The third-order valence-corrected chi connectivity index (χ3v) is 6.15. The van der Waals surface area contributed by atoms with Crippen molar-refractivity contribution in [1.29, 1.82) is 0 Å². The number of ether oxygens (including phenoxy) is 6. The molecule has 2 saturated heterocycles. The summed E-state index contributed by atoms with van der Waals surface area (Å²) in [6, 6.07) is 4.27. The lowest BCUT2D eigenvalue weighted by Gasteiger charge is -2.42. The Hall–Kier alpha value is -1.91. The van der Waals surface area contributed by atoms with Gasteiger partial charge >= 0.3 is 5.97 Å². The van der Waals surface area contributed by atoms with Crippen LogP contribution in [-0.2, 0) is 23.7 Å². The average Bonchev–Trinajstić information content (AvgIpc) is 3.41. The molecule has 0 radical (unpaired) electrons. The number of phenolic OH excluding ortho intramolecular Hbond substituents is 1. The van der Waals surface area contributed by atoms with Crippen LogP contribution in [0.4, 0.5) is 0 Å². The van der Waals surface area contributed by atoms with E-state index in [1.807, 2.05) is 13.8 Å². The first-order valence-electron chi connectivity index (χ1n) is 10.2. The number of aliphatic hydroxyl groups excluding tert-OH is 1. The van der Waals surface area contributed by atoms with Gasteiger partial charge in [-0.05, 0) is 32.0 Å². The van der Waals surface area contributed by atoms with E-state index in [2.05, 4.69) is 0 Å². The van der Waals surface area contributed by atoms with Crippen LogP contribution in [0.15, 0.2) is 18.2 Å². The number of methoxy groups -OCH3 is 1. The van der Waals surface area contributed by atoms with E-state index in [0.717, 1.165) is 0 Å². The number of hydrogen-bond donors (Lipinski definition) is 2. The van der Waals surface area contributed by atoms with Gasteiger partial charge in [-0.2, -0.15) is 0 Å². The molecule has 1 aliphatic carbocycles. The number of carbonyl (C=O) groups excluding carboxylic acids is 1. The normalized spacial score (nSPS) is 36.7. The van der Waals surface area contributed by atoms with Gasteiger partial charge in [0.25, 0.3) is 0 Å². The Morgan fingerprint density at radius 2 is 2.03 bits per heavy atom. The summed E-state index contributed by atoms with van der Waals surface area (Å²) in [6.45, 7) is 4.43. The number of rotatable bonds is 8. The molecule has 9 heteroatoms. The van der Waals surface area contributed by atoms with Crippen LogP contribution in [0.1, 0.15) is 30.6 Å². The maximum atomic E-state index is 12.9. The topological polar surface area (TPSA) is 116 Å². The zero-order valence-corrected chi connectivity index (χ0v) is 17.3. The Balaban J connectivity index is 1.58. The Labute approximate surface area is 174 Å². The lowest BCUT2D eigenvalue weighted by atomic mass is 9.82. The van der Waals surface area contributed by atoms with Crippen molar-refractivity contribution in [2.24, 2.45) is 11.8 Å². The predicted octanol–water partition coefficient (Wildman–Crippen LogP) is 1.45. The second-order valence-corrected chi connectivity index (χ2v) is 7.68. The summed E-state index contributed by atoms with van der Waals surface area (Å²) in [5.41, 5.74) is -0.600. The maximum Gasteiger partial charge on any atom is 0.338 e. The molecule has 0 spiro atoms. The minimum absolute atomic E-state index is 0.0663. The number of esters is 1. The van der Waals surface area contributed by atoms with Crippen molar-refractivity contribution in [2.45, 2.75) is 50.7 Å². The lowest BCUT2D eigenvalue weighted by molar-refractivity contribution is -0.309. The number of fused-ring (bicyclic) bond motifs is 3. The molecule has 166 valence electrons. The molecule has 2 aliphatic heterocycles. The molecule has 4 rings (SSSR count). The molecule has 3 aliphatic rings. The van der Waals surface area contributed by atoms with Crippen LogP contribution in [0.3, 0.4) is 0 Å². The van der Waals surface area contributed by atoms with Crippen LogP contribution in [0.25, 0.3) is 0 Å². The minimum atomic E-state index is -0.848. The molecule has 0 bridgehead atoms. The average molecular weight is 424 g/mol. The van der Waals surface area contributed by atoms with Gasteiger partial charge in [-0.15, -0.1) is 0 Å². The van der Waals surface area contributed by atoms with E-state index < -0.39 is 36.4 Å². The van der Waals surface area contributed by atoms with Gasteiger partial charge in [0.2, 0.25) is 0 Å². The van der Waals surface area contributed by atoms with E-state index in [1.165, 1.54) is 25.3 Å². The lowest BCUT2D eigenvalue weighted by Crippen LogP contribution is -2.50. The van der Waals surface area contributed by atoms with Crippen molar-refractivity contribution in [1.82, 2.24) is 0 Å². The maximum absolute atomic E-state index is 12.9. The zero-order valence-electron chi connectivity index (χ0n) is 17.3. The monoisotopic (exact) mass is 424 g/mol. The van der Waals surface area contributed by atoms with E-state index in [4.69, 9.17) is 28.4 Å². The molecule has 0 unspecified atom stereocenters. The standard InChI is InChI=1S/C21H28O9/c1-4-26-15-9-12-16(20(28-15)27-5-2)21(10-22)18(30-21)17(12)29-19(24)11-6-7-13(23)14(8-11)25-3/h6-8,12,15-18,20,22-23H,4-5,9-10H2,1-3H3/t12-,15-,16-,17+,18+,20-,21-/m1/s1. The van der Waals surface area contributed by atoms with Crippen LogP contribution >= 0.6 is 0 Å². The predicted molar refractivity (Wildman–Crippen MR) is 102 cm³/mol. The van der Waals surface area contributed by atoms with Gasteiger partial charge in [-0.25, -0.2) is 4.79 Å². The minimum Gasteiger partial charge on any atom is -0.504 e. The Kier molecular flexibility index (Phi) is 5.91. The molecule has 3 fully saturated rings. The first kappa shape index (κ1) is 21.3. The molecule has 30 heavy (non-hydrogen) atoms. The van der Waals surface area contributed by atoms with Crippen LogP contribution in [0.2, 0.25) is 0 Å². The van der Waals surface area contributed by atoms with Crippen LogP contribution in [0.5, 0.6) is 11.5 Å². The van der Waals surface area contributed by atoms with E-state index >= 15 is 0 Å². The van der Waals surface area contributed by atoms with Gasteiger partial charge in [0, 0.05) is 25.6 Å². The molecule has 1 aromatic carbocycles. The Morgan fingerprint density at radius 3 is 2.70 bits per heavy atom. The van der Waals surface area contributed by atoms with Gasteiger partial charge in [0.15, 0.2) is 24.1 Å². The molecule has 1 aromatic rings. The summed E-state index contributed by atoms with van der Waals surface area (Å²) >= 11 is 0. The highest BCUT2D eigenvalue weighted by atomic mass is 16.8. The number of phenols is 1. The summed E-state index contributed by atoms with van der Waals surface area (Å²) in [6.07, 6.45) is -1.63. The van der Waals surface area contributed by atoms with Crippen LogP contribution in [-0.4, -0.2) is 73.5 Å². The first-order valence-corrected chi connectivity index (χ1v) is 10.2. The number of epoxide rings is 1. The molecule has 0 amide bonds. The quantitative estimate of drug-likeness (QED) is 0.472. The van der Waals surface area contributed by atoms with E-state index in [0.29, 0.717) is 19.6 Å². The molecule has 7 atom stereocenters. The van der Waals surface area contributed by atoms with Crippen LogP contribution < -0.4 is 4.74 Å². The molecule has 2 heterocycles. The number of aromatic hydroxyl groups is 1. The fraction of sp³-hybridized carbons (Fsp3) is 0.667. The summed E-state index contributed by atoms with van der Waals surface area (Å²) < 4.78 is 34.2. The number of hydrogen-bond acceptors (Lipinski definition) is 9. The van der Waals surface area contributed by atoms with E-state index in [1.54, 1.807) is 0 Å². The van der Waals surface area contributed by atoms with E-state index in [-0.39, 0.29) is 35.5 Å². The Bertz CT molecular complexity index is 784. The third-order valence-electron chi connectivity index (χ3n) is 6.15. The summed E-state index contributed by atoms with van der Waals surface area (Å²) in [4.78, 5) is 12.9. The van der Waals surface area contributed by atoms with Crippen molar-refractivity contribution in [3.63, 3.8) is 0 Å². The number of benzene rings is 1. The van der Waals surface area contributed by atoms with Gasteiger partial charge in [-0.1, -0.05) is 0 Å². The molecule has 1 saturated carbocycles. The highest BCUT2D eigenvalue weighted by Gasteiger charge is 2.77. The smallest absolute Gasteiger partial charge is 0.338 e.